The van der Waals surface area contributed by atoms with E-state index < -0.39 is 23.9 Å². The third-order valence-electron chi connectivity index (χ3n) is 2.50. The third kappa shape index (κ3) is 4.54. The predicted molar refractivity (Wildman–Crippen MR) is 71.0 cm³/mol. The van der Waals surface area contributed by atoms with Crippen molar-refractivity contribution in [1.82, 2.24) is 5.32 Å². The highest BCUT2D eigenvalue weighted by molar-refractivity contribution is 7.12. The number of carbonyl (C=O) groups excluding carboxylic acids is 2. The molecule has 20 heavy (non-hydrogen) atoms. The number of aliphatic carboxylic acids is 1. The number of hydrogen-bond acceptors (Lipinski definition) is 6. The van der Waals surface area contributed by atoms with Gasteiger partial charge in [-0.15, -0.1) is 11.3 Å². The van der Waals surface area contributed by atoms with Crippen LogP contribution in [0.1, 0.15) is 22.5 Å². The average molecular weight is 301 g/mol. The Balaban J connectivity index is 2.63. The highest BCUT2D eigenvalue weighted by atomic mass is 32.1. The summed E-state index contributed by atoms with van der Waals surface area (Å²) in [5.74, 6) is -1.72. The molecule has 0 unspecified atom stereocenters. The van der Waals surface area contributed by atoms with Crippen LogP contribution in [0.15, 0.2) is 11.4 Å². The van der Waals surface area contributed by atoms with Crippen LogP contribution in [-0.2, 0) is 14.3 Å². The first kappa shape index (κ1) is 16.0. The number of methoxy groups -OCH3 is 2. The molecule has 1 amide bonds. The number of ether oxygens (including phenoxy) is 2. The molecule has 2 N–H and O–H groups in total. The molecule has 1 aromatic heterocycles. The van der Waals surface area contributed by atoms with Gasteiger partial charge in [-0.2, -0.15) is 0 Å². The number of nitrogens with one attached hydrogen (secondary N) is 1. The van der Waals surface area contributed by atoms with Gasteiger partial charge < -0.3 is 19.9 Å². The second-order valence-electron chi connectivity index (χ2n) is 3.83. The molecule has 0 spiro atoms. The number of esters is 1. The van der Waals surface area contributed by atoms with Gasteiger partial charge in [-0.05, 0) is 6.42 Å². The van der Waals surface area contributed by atoms with Crippen molar-refractivity contribution >= 4 is 29.2 Å². The zero-order chi connectivity index (χ0) is 15.1. The van der Waals surface area contributed by atoms with Crippen molar-refractivity contribution in [2.24, 2.45) is 0 Å². The SMILES string of the molecule is COC(=O)CC[C@@H](NC(=O)c1cc(OC)cs1)C(=O)O. The lowest BCUT2D eigenvalue weighted by Gasteiger charge is -2.13. The smallest absolute Gasteiger partial charge is 0.326 e. The first-order valence-corrected chi connectivity index (χ1v) is 6.59. The maximum absolute atomic E-state index is 11.9. The van der Waals surface area contributed by atoms with Gasteiger partial charge in [0.25, 0.3) is 5.91 Å². The molecular weight excluding hydrogens is 286 g/mol. The van der Waals surface area contributed by atoms with Crippen molar-refractivity contribution in [3.8, 4) is 5.75 Å². The summed E-state index contributed by atoms with van der Waals surface area (Å²) in [5, 5.41) is 13.0. The van der Waals surface area contributed by atoms with Gasteiger partial charge in [0, 0.05) is 17.9 Å². The van der Waals surface area contributed by atoms with Crippen molar-refractivity contribution in [3.63, 3.8) is 0 Å². The second kappa shape index (κ2) is 7.49. The summed E-state index contributed by atoms with van der Waals surface area (Å²) in [5.41, 5.74) is 0. The maximum Gasteiger partial charge on any atom is 0.326 e. The topological polar surface area (TPSA) is 102 Å². The summed E-state index contributed by atoms with van der Waals surface area (Å²) in [4.78, 5) is 34.2. The van der Waals surface area contributed by atoms with Crippen LogP contribution in [0.5, 0.6) is 5.75 Å². The van der Waals surface area contributed by atoms with E-state index in [2.05, 4.69) is 10.1 Å². The molecule has 1 rings (SSSR count). The van der Waals surface area contributed by atoms with E-state index in [1.54, 1.807) is 5.38 Å². The van der Waals surface area contributed by atoms with Gasteiger partial charge in [0.2, 0.25) is 0 Å². The number of amides is 1. The van der Waals surface area contributed by atoms with E-state index in [4.69, 9.17) is 9.84 Å². The van der Waals surface area contributed by atoms with Gasteiger partial charge in [-0.1, -0.05) is 0 Å². The normalized spacial score (nSPS) is 11.5. The maximum atomic E-state index is 11.9. The molecule has 1 aromatic rings. The highest BCUT2D eigenvalue weighted by Gasteiger charge is 2.22. The molecule has 0 aliphatic rings. The fraction of sp³-hybridized carbons (Fsp3) is 0.417. The van der Waals surface area contributed by atoms with E-state index in [0.717, 1.165) is 11.3 Å². The second-order valence-corrected chi connectivity index (χ2v) is 4.74. The summed E-state index contributed by atoms with van der Waals surface area (Å²) in [6.45, 7) is 0. The summed E-state index contributed by atoms with van der Waals surface area (Å²) in [7, 11) is 2.69. The van der Waals surface area contributed by atoms with Crippen LogP contribution < -0.4 is 10.1 Å². The van der Waals surface area contributed by atoms with Crippen LogP contribution in [0.25, 0.3) is 0 Å². The number of carboxylic acids is 1. The molecule has 0 aliphatic heterocycles. The van der Waals surface area contributed by atoms with E-state index in [9.17, 15) is 14.4 Å². The largest absolute Gasteiger partial charge is 0.496 e. The number of hydrogen-bond donors (Lipinski definition) is 2. The van der Waals surface area contributed by atoms with Gasteiger partial charge in [0.05, 0.1) is 19.1 Å². The summed E-state index contributed by atoms with van der Waals surface area (Å²) < 4.78 is 9.37. The van der Waals surface area contributed by atoms with Gasteiger partial charge in [0.15, 0.2) is 0 Å². The van der Waals surface area contributed by atoms with Crippen molar-refractivity contribution < 1.29 is 29.0 Å². The quantitative estimate of drug-likeness (QED) is 0.725. The fourth-order valence-electron chi connectivity index (χ4n) is 1.40. The summed E-state index contributed by atoms with van der Waals surface area (Å²) in [6.07, 6.45) is -0.113. The first-order valence-electron chi connectivity index (χ1n) is 5.71. The Labute approximate surface area is 119 Å². The van der Waals surface area contributed by atoms with Gasteiger partial charge in [0.1, 0.15) is 11.8 Å². The monoisotopic (exact) mass is 301 g/mol. The van der Waals surface area contributed by atoms with Crippen molar-refractivity contribution in [2.75, 3.05) is 14.2 Å². The molecule has 0 saturated heterocycles. The Hall–Kier alpha value is -2.09. The van der Waals surface area contributed by atoms with Crippen LogP contribution in [0, 0.1) is 0 Å². The molecule has 0 bridgehead atoms. The number of carbonyl (C=O) groups is 3. The van der Waals surface area contributed by atoms with E-state index in [0.29, 0.717) is 10.6 Å². The molecule has 8 heteroatoms. The lowest BCUT2D eigenvalue weighted by atomic mass is 10.1. The third-order valence-corrected chi connectivity index (χ3v) is 3.41. The highest BCUT2D eigenvalue weighted by Crippen LogP contribution is 2.21. The molecular formula is C12H15NO6S. The van der Waals surface area contributed by atoms with Crippen molar-refractivity contribution in [2.45, 2.75) is 18.9 Å². The minimum atomic E-state index is -1.20. The lowest BCUT2D eigenvalue weighted by molar-refractivity contribution is -0.142. The Morgan fingerprint density at radius 2 is 2.10 bits per heavy atom. The van der Waals surface area contributed by atoms with Gasteiger partial charge in [-0.25, -0.2) is 4.79 Å². The van der Waals surface area contributed by atoms with Gasteiger partial charge >= 0.3 is 11.9 Å². The molecule has 110 valence electrons. The van der Waals surface area contributed by atoms with E-state index in [1.165, 1.54) is 20.3 Å². The average Bonchev–Trinajstić information content (AvgIpc) is 2.91. The van der Waals surface area contributed by atoms with Crippen molar-refractivity contribution in [1.29, 1.82) is 0 Å². The Bertz CT molecular complexity index is 498. The van der Waals surface area contributed by atoms with Gasteiger partial charge in [-0.3, -0.25) is 9.59 Å². The summed E-state index contributed by atoms with van der Waals surface area (Å²) in [6, 6.07) is 0.369. The minimum Gasteiger partial charge on any atom is -0.496 e. The standard InChI is InChI=1S/C12H15NO6S/c1-18-7-5-9(20-6-7)11(15)13-8(12(16)17)3-4-10(14)19-2/h5-6,8H,3-4H2,1-2H3,(H,13,15)(H,16,17)/t8-/m1/s1. The van der Waals surface area contributed by atoms with Crippen LogP contribution >= 0.6 is 11.3 Å². The molecule has 1 atom stereocenters. The van der Waals surface area contributed by atoms with Crippen LogP contribution in [0.4, 0.5) is 0 Å². The molecule has 0 fully saturated rings. The molecule has 0 radical (unpaired) electrons. The molecule has 0 saturated carbocycles. The predicted octanol–water partition coefficient (Wildman–Crippen LogP) is 0.893. The number of thiophene rings is 1. The molecule has 0 aliphatic carbocycles. The van der Waals surface area contributed by atoms with Crippen LogP contribution in [0.3, 0.4) is 0 Å². The van der Waals surface area contributed by atoms with E-state index >= 15 is 0 Å². The Kier molecular flexibility index (Phi) is 5.98. The summed E-state index contributed by atoms with van der Waals surface area (Å²) >= 11 is 1.14. The van der Waals surface area contributed by atoms with E-state index in [-0.39, 0.29) is 12.8 Å². The molecule has 1 heterocycles. The molecule has 0 aromatic carbocycles. The lowest BCUT2D eigenvalue weighted by Crippen LogP contribution is -2.40. The van der Waals surface area contributed by atoms with E-state index in [1.807, 2.05) is 0 Å². The van der Waals surface area contributed by atoms with Crippen LogP contribution in [0.2, 0.25) is 0 Å². The Morgan fingerprint density at radius 3 is 2.60 bits per heavy atom. The fourth-order valence-corrected chi connectivity index (χ4v) is 2.15. The zero-order valence-corrected chi connectivity index (χ0v) is 11.9. The van der Waals surface area contributed by atoms with Crippen molar-refractivity contribution in [3.05, 3.63) is 16.3 Å². The first-order chi connectivity index (χ1) is 9.47. The minimum absolute atomic E-state index is 0.0315. The number of rotatable bonds is 7. The molecule has 7 nitrogen and oxygen atoms in total. The van der Waals surface area contributed by atoms with Crippen LogP contribution in [-0.4, -0.2) is 43.2 Å². The Morgan fingerprint density at radius 1 is 1.40 bits per heavy atom. The zero-order valence-electron chi connectivity index (χ0n) is 11.0. The number of carboxylic acid groups (broad SMARTS) is 1.